The minimum absolute atomic E-state index is 0.0754. The first-order chi connectivity index (χ1) is 18.2. The first-order valence-electron chi connectivity index (χ1n) is 12.6. The summed E-state index contributed by atoms with van der Waals surface area (Å²) in [5.41, 5.74) is 4.94. The summed E-state index contributed by atoms with van der Waals surface area (Å²) in [6, 6.07) is 17.8. The van der Waals surface area contributed by atoms with Crippen LogP contribution in [0.4, 0.5) is 0 Å². The Morgan fingerprint density at radius 3 is 2.47 bits per heavy atom. The average Bonchev–Trinajstić information content (AvgIpc) is 3.67. The predicted octanol–water partition coefficient (Wildman–Crippen LogP) is 4.79. The summed E-state index contributed by atoms with van der Waals surface area (Å²) in [6.45, 7) is 2.45. The van der Waals surface area contributed by atoms with Crippen LogP contribution < -0.4 is 10.9 Å². The molecular formula is C29H26BrN3O4S. The zero-order valence-electron chi connectivity index (χ0n) is 20.8. The van der Waals surface area contributed by atoms with E-state index in [-0.39, 0.29) is 21.7 Å². The number of sulfone groups is 1. The summed E-state index contributed by atoms with van der Waals surface area (Å²) < 4.78 is 29.2. The van der Waals surface area contributed by atoms with E-state index in [2.05, 4.69) is 26.2 Å². The van der Waals surface area contributed by atoms with Crippen molar-refractivity contribution in [2.24, 2.45) is 0 Å². The molecule has 2 aromatic heterocycles. The molecule has 0 saturated heterocycles. The fraction of sp³-hybridized carbons (Fsp3) is 0.241. The van der Waals surface area contributed by atoms with Crippen molar-refractivity contribution < 1.29 is 13.2 Å². The fourth-order valence-corrected chi connectivity index (χ4v) is 7.18. The van der Waals surface area contributed by atoms with E-state index in [0.717, 1.165) is 40.8 Å². The Hall–Kier alpha value is -3.43. The number of nitrogens with zero attached hydrogens (tertiary/aromatic N) is 1. The van der Waals surface area contributed by atoms with E-state index in [1.807, 2.05) is 35.8 Å². The van der Waals surface area contributed by atoms with Crippen molar-refractivity contribution in [1.29, 1.82) is 0 Å². The number of hydrogen-bond acceptors (Lipinski definition) is 4. The van der Waals surface area contributed by atoms with Gasteiger partial charge in [-0.05, 0) is 83.4 Å². The van der Waals surface area contributed by atoms with Crippen molar-refractivity contribution >= 4 is 31.7 Å². The fourth-order valence-electron chi connectivity index (χ4n) is 5.04. The molecule has 4 aromatic rings. The van der Waals surface area contributed by atoms with Crippen molar-refractivity contribution in [2.75, 3.05) is 0 Å². The second kappa shape index (κ2) is 9.39. The van der Waals surface area contributed by atoms with E-state index in [1.165, 1.54) is 18.2 Å². The normalized spacial score (nSPS) is 14.6. The first-order valence-corrected chi connectivity index (χ1v) is 14.9. The highest BCUT2D eigenvalue weighted by Crippen LogP contribution is 2.41. The molecule has 0 radical (unpaired) electrons. The number of amides is 1. The molecule has 0 spiro atoms. The van der Waals surface area contributed by atoms with Gasteiger partial charge in [0.25, 0.3) is 11.5 Å². The molecule has 0 aliphatic heterocycles. The standard InChI is InChI=1S/C29H26BrN3O4S/c1-17-7-9-18(10-8-17)16-33-26-22(24(30)27(33)29(35)31-20-12-13-20)14-11-19-15-23(28(34)32-25(19)26)38(36,37)21-5-3-2-4-6-21/h2-10,15,20H,11-14,16H2,1H3,(H,31,35)(H,32,34). The molecule has 2 aromatic carbocycles. The number of H-pyrrole nitrogens is 1. The van der Waals surface area contributed by atoms with E-state index in [0.29, 0.717) is 35.2 Å². The van der Waals surface area contributed by atoms with E-state index in [9.17, 15) is 18.0 Å². The molecule has 2 N–H and O–H groups in total. The highest BCUT2D eigenvalue weighted by molar-refractivity contribution is 9.10. The Labute approximate surface area is 229 Å². The molecule has 1 saturated carbocycles. The Kier molecular flexibility index (Phi) is 6.15. The van der Waals surface area contributed by atoms with Gasteiger partial charge < -0.3 is 14.9 Å². The zero-order valence-corrected chi connectivity index (χ0v) is 23.2. The number of aromatic nitrogens is 2. The van der Waals surface area contributed by atoms with Crippen molar-refractivity contribution in [3.8, 4) is 11.4 Å². The molecule has 1 amide bonds. The lowest BCUT2D eigenvalue weighted by Crippen LogP contribution is -2.28. The number of benzene rings is 2. The van der Waals surface area contributed by atoms with Crippen LogP contribution in [-0.2, 0) is 29.2 Å². The molecule has 0 unspecified atom stereocenters. The van der Waals surface area contributed by atoms with Crippen molar-refractivity contribution in [3.05, 3.63) is 103 Å². The van der Waals surface area contributed by atoms with Crippen LogP contribution in [0.2, 0.25) is 0 Å². The third-order valence-electron chi connectivity index (χ3n) is 7.20. The number of hydrogen-bond donors (Lipinski definition) is 2. The van der Waals surface area contributed by atoms with Gasteiger partial charge in [0.15, 0.2) is 0 Å². The number of nitrogens with one attached hydrogen (secondary N) is 2. The lowest BCUT2D eigenvalue weighted by Gasteiger charge is -2.21. The molecule has 7 nitrogen and oxygen atoms in total. The van der Waals surface area contributed by atoms with Crippen LogP contribution in [0.25, 0.3) is 11.4 Å². The average molecular weight is 593 g/mol. The zero-order chi connectivity index (χ0) is 26.6. The van der Waals surface area contributed by atoms with Gasteiger partial charge in [-0.15, -0.1) is 0 Å². The number of aromatic amines is 1. The minimum atomic E-state index is -3.99. The van der Waals surface area contributed by atoms with Crippen molar-refractivity contribution in [3.63, 3.8) is 0 Å². The summed E-state index contributed by atoms with van der Waals surface area (Å²) in [4.78, 5) is 29.4. The number of aryl methyl sites for hydroxylation is 2. The lowest BCUT2D eigenvalue weighted by molar-refractivity contribution is 0.0941. The summed E-state index contributed by atoms with van der Waals surface area (Å²) in [5.74, 6) is -0.159. The number of carbonyl (C=O) groups excluding carboxylic acids is 1. The number of pyridine rings is 1. The Bertz CT molecular complexity index is 1740. The SMILES string of the molecule is Cc1ccc(Cn2c(C(=O)NC3CC3)c(Br)c3c2-c2[nH]c(=O)c(S(=O)(=O)c4ccccc4)cc2CC3)cc1. The number of rotatable bonds is 6. The molecule has 38 heavy (non-hydrogen) atoms. The third-order valence-corrected chi connectivity index (χ3v) is 9.83. The summed E-state index contributed by atoms with van der Waals surface area (Å²) in [5, 5.41) is 3.10. The second-order valence-electron chi connectivity index (χ2n) is 9.99. The smallest absolute Gasteiger partial charge is 0.269 e. The molecule has 2 aliphatic carbocycles. The Balaban J connectivity index is 1.52. The quantitative estimate of drug-likeness (QED) is 0.337. The number of halogens is 1. The van der Waals surface area contributed by atoms with Crippen LogP contribution in [0.1, 0.15) is 45.6 Å². The van der Waals surface area contributed by atoms with Crippen LogP contribution in [0.3, 0.4) is 0 Å². The Morgan fingerprint density at radius 1 is 1.08 bits per heavy atom. The summed E-state index contributed by atoms with van der Waals surface area (Å²) in [6.07, 6.45) is 3.07. The summed E-state index contributed by atoms with van der Waals surface area (Å²) in [7, 11) is -3.99. The van der Waals surface area contributed by atoms with Gasteiger partial charge in [-0.3, -0.25) is 9.59 Å². The van der Waals surface area contributed by atoms with Crippen molar-refractivity contribution in [1.82, 2.24) is 14.9 Å². The molecule has 1 fully saturated rings. The maximum absolute atomic E-state index is 13.4. The molecule has 9 heteroatoms. The van der Waals surface area contributed by atoms with Gasteiger partial charge in [-0.2, -0.15) is 0 Å². The highest BCUT2D eigenvalue weighted by atomic mass is 79.9. The molecule has 0 bridgehead atoms. The maximum Gasteiger partial charge on any atom is 0.269 e. The van der Waals surface area contributed by atoms with Gasteiger partial charge in [-0.25, -0.2) is 8.42 Å². The van der Waals surface area contributed by atoms with Crippen LogP contribution in [0, 0.1) is 6.92 Å². The molecule has 0 atom stereocenters. The van der Waals surface area contributed by atoms with E-state index in [1.54, 1.807) is 18.2 Å². The van der Waals surface area contributed by atoms with Crippen LogP contribution >= 0.6 is 15.9 Å². The van der Waals surface area contributed by atoms with Gasteiger partial charge in [0.05, 0.1) is 20.8 Å². The summed E-state index contributed by atoms with van der Waals surface area (Å²) >= 11 is 3.70. The second-order valence-corrected chi connectivity index (χ2v) is 12.7. The molecule has 6 rings (SSSR count). The molecule has 2 heterocycles. The van der Waals surface area contributed by atoms with Gasteiger partial charge in [0.1, 0.15) is 10.6 Å². The lowest BCUT2D eigenvalue weighted by atomic mass is 9.94. The predicted molar refractivity (Wildman–Crippen MR) is 148 cm³/mol. The van der Waals surface area contributed by atoms with Gasteiger partial charge in [0.2, 0.25) is 9.84 Å². The third kappa shape index (κ3) is 4.33. The topological polar surface area (TPSA) is 101 Å². The highest BCUT2D eigenvalue weighted by Gasteiger charge is 2.34. The monoisotopic (exact) mass is 591 g/mol. The van der Waals surface area contributed by atoms with E-state index >= 15 is 0 Å². The van der Waals surface area contributed by atoms with Gasteiger partial charge >= 0.3 is 0 Å². The first kappa shape index (κ1) is 24.9. The van der Waals surface area contributed by atoms with E-state index < -0.39 is 15.4 Å². The van der Waals surface area contributed by atoms with E-state index in [4.69, 9.17) is 0 Å². The minimum Gasteiger partial charge on any atom is -0.348 e. The van der Waals surface area contributed by atoms with Crippen LogP contribution in [-0.4, -0.2) is 29.9 Å². The van der Waals surface area contributed by atoms with Gasteiger partial charge in [0, 0.05) is 12.6 Å². The van der Waals surface area contributed by atoms with Crippen LogP contribution in [0.5, 0.6) is 0 Å². The molecule has 2 aliphatic rings. The van der Waals surface area contributed by atoms with Crippen molar-refractivity contribution in [2.45, 2.75) is 55.0 Å². The maximum atomic E-state index is 13.4. The number of carbonyl (C=O) groups is 1. The van der Waals surface area contributed by atoms with Crippen LogP contribution in [0.15, 0.2) is 79.7 Å². The molecule has 194 valence electrons. The Morgan fingerprint density at radius 2 is 1.79 bits per heavy atom. The number of fused-ring (bicyclic) bond motifs is 3. The molecular weight excluding hydrogens is 566 g/mol. The largest absolute Gasteiger partial charge is 0.348 e. The van der Waals surface area contributed by atoms with Gasteiger partial charge in [-0.1, -0.05) is 48.0 Å².